The van der Waals surface area contributed by atoms with Crippen molar-refractivity contribution in [2.45, 2.75) is 6.43 Å². The summed E-state index contributed by atoms with van der Waals surface area (Å²) in [7, 11) is 0. The lowest BCUT2D eigenvalue weighted by Gasteiger charge is -2.03. The maximum Gasteiger partial charge on any atom is 0.279 e. The van der Waals surface area contributed by atoms with E-state index < -0.39 is 23.4 Å². The maximum atomic E-state index is 12.1. The Hall–Kier alpha value is -0.660. The summed E-state index contributed by atoms with van der Waals surface area (Å²) in [6.45, 7) is 0. The van der Waals surface area contributed by atoms with Gasteiger partial charge in [-0.15, -0.1) is 0 Å². The highest BCUT2D eigenvalue weighted by Crippen LogP contribution is 2.26. The fourth-order valence-corrected chi connectivity index (χ4v) is 1.23. The van der Waals surface area contributed by atoms with E-state index in [0.717, 1.165) is 6.07 Å². The first-order valence-corrected chi connectivity index (χ1v) is 4.00. The molecule has 6 heteroatoms. The molecule has 0 bridgehead atoms. The fraction of sp³-hybridized carbons (Fsp3) is 0.167. The molecule has 3 nitrogen and oxygen atoms in total. The summed E-state index contributed by atoms with van der Waals surface area (Å²) in [4.78, 5) is 12.6. The predicted octanol–water partition coefficient (Wildman–Crippen LogP) is 1.62. The van der Waals surface area contributed by atoms with Gasteiger partial charge < -0.3 is 10.1 Å². The summed E-state index contributed by atoms with van der Waals surface area (Å²) in [6.07, 6.45) is -2.78. The van der Waals surface area contributed by atoms with E-state index in [1.807, 2.05) is 4.98 Å². The molecule has 0 aliphatic rings. The first-order chi connectivity index (χ1) is 5.52. The third kappa shape index (κ3) is 1.74. The van der Waals surface area contributed by atoms with E-state index >= 15 is 0 Å². The van der Waals surface area contributed by atoms with Gasteiger partial charge in [0.05, 0.1) is 3.57 Å². The van der Waals surface area contributed by atoms with E-state index in [0.29, 0.717) is 0 Å². The molecule has 0 saturated carbocycles. The zero-order valence-corrected chi connectivity index (χ0v) is 7.80. The van der Waals surface area contributed by atoms with Crippen molar-refractivity contribution in [3.63, 3.8) is 0 Å². The lowest BCUT2D eigenvalue weighted by atomic mass is 10.3. The molecule has 0 unspecified atom stereocenters. The number of aromatic nitrogens is 1. The van der Waals surface area contributed by atoms with Gasteiger partial charge in [-0.25, -0.2) is 8.78 Å². The Kier molecular flexibility index (Phi) is 2.65. The number of nitrogens with one attached hydrogen (secondary N) is 1. The fourth-order valence-electron chi connectivity index (χ4n) is 0.700. The maximum absolute atomic E-state index is 12.1. The van der Waals surface area contributed by atoms with Crippen molar-refractivity contribution in [2.75, 3.05) is 0 Å². The Morgan fingerprint density at radius 1 is 1.58 bits per heavy atom. The highest BCUT2D eigenvalue weighted by molar-refractivity contribution is 14.1. The van der Waals surface area contributed by atoms with E-state index in [2.05, 4.69) is 0 Å². The standard InChI is InChI=1S/C6H4F2INO2/c7-6(8)5-4(9)2(11)1-3(12)10-5/h1,6H,(H2,10,11,12). The van der Waals surface area contributed by atoms with Crippen molar-refractivity contribution in [3.05, 3.63) is 25.7 Å². The first kappa shape index (κ1) is 9.43. The summed E-state index contributed by atoms with van der Waals surface area (Å²) in [5.41, 5.74) is -1.27. The van der Waals surface area contributed by atoms with Gasteiger partial charge in [-0.05, 0) is 22.6 Å². The SMILES string of the molecule is O=c1cc(O)c(I)c(C(F)F)[nH]1. The van der Waals surface area contributed by atoms with Crippen molar-refractivity contribution in [3.8, 4) is 5.75 Å². The van der Waals surface area contributed by atoms with Crippen LogP contribution in [0.3, 0.4) is 0 Å². The monoisotopic (exact) mass is 287 g/mol. The number of alkyl halides is 2. The van der Waals surface area contributed by atoms with E-state index in [1.54, 1.807) is 0 Å². The summed E-state index contributed by atoms with van der Waals surface area (Å²) in [5.74, 6) is -0.422. The third-order valence-corrected chi connectivity index (χ3v) is 2.34. The second-order valence-corrected chi connectivity index (χ2v) is 3.13. The number of aromatic amines is 1. The van der Waals surface area contributed by atoms with Crippen LogP contribution in [0.4, 0.5) is 8.78 Å². The minimum absolute atomic E-state index is 0.0257. The molecule has 2 N–H and O–H groups in total. The zero-order chi connectivity index (χ0) is 9.30. The van der Waals surface area contributed by atoms with Gasteiger partial charge in [0.25, 0.3) is 12.0 Å². The van der Waals surface area contributed by atoms with Crippen LogP contribution in [0.5, 0.6) is 5.75 Å². The smallest absolute Gasteiger partial charge is 0.279 e. The summed E-state index contributed by atoms with van der Waals surface area (Å²) in [5, 5.41) is 8.97. The topological polar surface area (TPSA) is 53.1 Å². The van der Waals surface area contributed by atoms with Gasteiger partial charge in [-0.1, -0.05) is 0 Å². The average Bonchev–Trinajstić information content (AvgIpc) is 1.96. The van der Waals surface area contributed by atoms with Crippen LogP contribution >= 0.6 is 22.6 Å². The molecule has 0 atom stereocenters. The number of H-pyrrole nitrogens is 1. The van der Waals surface area contributed by atoms with Gasteiger partial charge in [0, 0.05) is 6.07 Å². The van der Waals surface area contributed by atoms with Crippen LogP contribution in [-0.4, -0.2) is 10.1 Å². The summed E-state index contributed by atoms with van der Waals surface area (Å²) in [6, 6.07) is 0.855. The highest BCUT2D eigenvalue weighted by atomic mass is 127. The van der Waals surface area contributed by atoms with Crippen molar-refractivity contribution in [1.82, 2.24) is 4.98 Å². The Balaban J connectivity index is 3.38. The van der Waals surface area contributed by atoms with Crippen LogP contribution < -0.4 is 5.56 Å². The van der Waals surface area contributed by atoms with E-state index in [4.69, 9.17) is 5.11 Å². The van der Waals surface area contributed by atoms with Crippen LogP contribution in [0.25, 0.3) is 0 Å². The van der Waals surface area contributed by atoms with Crippen molar-refractivity contribution < 1.29 is 13.9 Å². The van der Waals surface area contributed by atoms with Crippen molar-refractivity contribution in [1.29, 1.82) is 0 Å². The van der Waals surface area contributed by atoms with Crippen LogP contribution in [-0.2, 0) is 0 Å². The molecule has 0 aliphatic heterocycles. The normalized spacial score (nSPS) is 10.7. The molecule has 1 aromatic heterocycles. The second-order valence-electron chi connectivity index (χ2n) is 2.05. The lowest BCUT2D eigenvalue weighted by molar-refractivity contribution is 0.144. The molecule has 0 amide bonds. The molecule has 0 spiro atoms. The number of pyridine rings is 1. The Morgan fingerprint density at radius 2 is 2.17 bits per heavy atom. The number of hydrogen-bond donors (Lipinski definition) is 2. The molecule has 1 aromatic rings. The number of hydrogen-bond acceptors (Lipinski definition) is 2. The van der Waals surface area contributed by atoms with E-state index in [-0.39, 0.29) is 3.57 Å². The van der Waals surface area contributed by atoms with Gasteiger partial charge >= 0.3 is 0 Å². The van der Waals surface area contributed by atoms with Crippen LogP contribution in [0.2, 0.25) is 0 Å². The Morgan fingerprint density at radius 3 is 2.67 bits per heavy atom. The molecule has 0 radical (unpaired) electrons. The second kappa shape index (κ2) is 3.38. The molecule has 12 heavy (non-hydrogen) atoms. The molecular formula is C6H4F2INO2. The number of halogens is 3. The molecule has 0 fully saturated rings. The molecule has 0 saturated heterocycles. The molecule has 1 heterocycles. The van der Waals surface area contributed by atoms with Gasteiger partial charge in [0.2, 0.25) is 0 Å². The molecule has 0 aliphatic carbocycles. The minimum Gasteiger partial charge on any atom is -0.507 e. The summed E-state index contributed by atoms with van der Waals surface area (Å²) < 4.78 is 24.2. The average molecular weight is 287 g/mol. The largest absolute Gasteiger partial charge is 0.507 e. The Labute approximate surface area is 79.6 Å². The van der Waals surface area contributed by atoms with Crippen LogP contribution in [0.15, 0.2) is 10.9 Å². The van der Waals surface area contributed by atoms with Crippen LogP contribution in [0, 0.1) is 3.57 Å². The van der Waals surface area contributed by atoms with E-state index in [9.17, 15) is 13.6 Å². The van der Waals surface area contributed by atoms with E-state index in [1.165, 1.54) is 22.6 Å². The van der Waals surface area contributed by atoms with Gasteiger partial charge in [0.15, 0.2) is 0 Å². The van der Waals surface area contributed by atoms with Gasteiger partial charge in [-0.3, -0.25) is 4.79 Å². The Bertz CT molecular complexity index is 350. The lowest BCUT2D eigenvalue weighted by Crippen LogP contribution is -2.09. The highest BCUT2D eigenvalue weighted by Gasteiger charge is 2.15. The van der Waals surface area contributed by atoms with Gasteiger partial charge in [0.1, 0.15) is 11.4 Å². The quantitative estimate of drug-likeness (QED) is 0.771. The zero-order valence-electron chi connectivity index (χ0n) is 5.64. The number of aromatic hydroxyl groups is 1. The van der Waals surface area contributed by atoms with Crippen LogP contribution in [0.1, 0.15) is 12.1 Å². The molecule has 1 rings (SSSR count). The van der Waals surface area contributed by atoms with Crippen molar-refractivity contribution in [2.24, 2.45) is 0 Å². The molecule has 66 valence electrons. The van der Waals surface area contributed by atoms with Gasteiger partial charge in [-0.2, -0.15) is 0 Å². The summed E-state index contributed by atoms with van der Waals surface area (Å²) >= 11 is 1.54. The first-order valence-electron chi connectivity index (χ1n) is 2.92. The molecule has 0 aromatic carbocycles. The van der Waals surface area contributed by atoms with Crippen molar-refractivity contribution >= 4 is 22.6 Å². The molecular weight excluding hydrogens is 283 g/mol. The minimum atomic E-state index is -2.78. The number of rotatable bonds is 1. The predicted molar refractivity (Wildman–Crippen MR) is 46.4 cm³/mol. The third-order valence-electron chi connectivity index (χ3n) is 1.21.